The standard InChI is InChI=1S/C60H104O6/c1-4-7-10-13-16-19-22-25-27-29-30-31-33-35-38-41-44-47-50-53-59(62)65-56-57(55-64-58(61)52-49-46-43-40-37-34-24-21-18-15-12-9-6-3)66-60(63)54-51-48-45-42-39-36-32-28-26-23-20-17-14-11-8-5-2/h7,10,16,19,25,27,30-31,34-35,37-38,57H,4-6,8-9,11-15,17-18,20-24,26,28-29,32-33,36,39-56H2,1-3H3/b10-7-,19-16-,27-25-,31-30-,37-34-,38-35-. The molecule has 66 heavy (non-hydrogen) atoms. The van der Waals surface area contributed by atoms with E-state index in [4.69, 9.17) is 14.2 Å². The molecule has 0 radical (unpaired) electrons. The van der Waals surface area contributed by atoms with E-state index in [9.17, 15) is 14.4 Å². The number of rotatable bonds is 50. The first-order valence-electron chi connectivity index (χ1n) is 27.9. The summed E-state index contributed by atoms with van der Waals surface area (Å²) >= 11 is 0. The summed E-state index contributed by atoms with van der Waals surface area (Å²) in [4.78, 5) is 38.1. The zero-order valence-electron chi connectivity index (χ0n) is 43.4. The van der Waals surface area contributed by atoms with Crippen LogP contribution in [0, 0.1) is 0 Å². The number of carbonyl (C=O) groups excluding carboxylic acids is 3. The molecule has 0 aliphatic rings. The molecule has 0 rings (SSSR count). The molecule has 0 spiro atoms. The van der Waals surface area contributed by atoms with Crippen molar-refractivity contribution in [3.05, 3.63) is 72.9 Å². The van der Waals surface area contributed by atoms with Crippen molar-refractivity contribution in [3.63, 3.8) is 0 Å². The molecule has 6 heteroatoms. The Labute approximate surface area is 408 Å². The minimum atomic E-state index is -0.793. The van der Waals surface area contributed by atoms with Crippen LogP contribution < -0.4 is 0 Å². The lowest BCUT2D eigenvalue weighted by Gasteiger charge is -2.18. The molecule has 0 aromatic rings. The zero-order valence-corrected chi connectivity index (χ0v) is 43.4. The number of ether oxygens (including phenoxy) is 3. The van der Waals surface area contributed by atoms with Crippen molar-refractivity contribution in [2.75, 3.05) is 13.2 Å². The monoisotopic (exact) mass is 921 g/mol. The van der Waals surface area contributed by atoms with E-state index in [1.807, 2.05) is 0 Å². The number of allylic oxidation sites excluding steroid dienone is 12. The van der Waals surface area contributed by atoms with Gasteiger partial charge in [0.25, 0.3) is 0 Å². The second kappa shape index (κ2) is 54.5. The average Bonchev–Trinajstić information content (AvgIpc) is 3.31. The van der Waals surface area contributed by atoms with E-state index in [0.717, 1.165) is 109 Å². The number of unbranched alkanes of at least 4 members (excludes halogenated alkanes) is 27. The molecule has 0 saturated carbocycles. The van der Waals surface area contributed by atoms with E-state index < -0.39 is 6.10 Å². The molecule has 0 aliphatic heterocycles. The zero-order chi connectivity index (χ0) is 47.9. The van der Waals surface area contributed by atoms with Crippen LogP contribution in [0.2, 0.25) is 0 Å². The van der Waals surface area contributed by atoms with Crippen LogP contribution in [0.25, 0.3) is 0 Å². The first-order chi connectivity index (χ1) is 32.5. The molecule has 0 heterocycles. The van der Waals surface area contributed by atoms with Crippen LogP contribution in [-0.4, -0.2) is 37.2 Å². The fraction of sp³-hybridized carbons (Fsp3) is 0.750. The summed E-state index contributed by atoms with van der Waals surface area (Å²) in [6.07, 6.45) is 68.9. The van der Waals surface area contributed by atoms with Gasteiger partial charge in [-0.05, 0) is 89.9 Å². The van der Waals surface area contributed by atoms with Crippen LogP contribution in [0.1, 0.15) is 271 Å². The molecule has 0 aliphatic carbocycles. The van der Waals surface area contributed by atoms with Crippen LogP contribution in [0.4, 0.5) is 0 Å². The molecule has 380 valence electrons. The second-order valence-electron chi connectivity index (χ2n) is 18.5. The lowest BCUT2D eigenvalue weighted by atomic mass is 10.0. The highest BCUT2D eigenvalue weighted by Gasteiger charge is 2.19. The van der Waals surface area contributed by atoms with Gasteiger partial charge in [-0.1, -0.05) is 235 Å². The summed E-state index contributed by atoms with van der Waals surface area (Å²) in [5, 5.41) is 0. The molecule has 0 saturated heterocycles. The Morgan fingerprint density at radius 2 is 0.591 bits per heavy atom. The van der Waals surface area contributed by atoms with Crippen molar-refractivity contribution in [3.8, 4) is 0 Å². The molecule has 0 aromatic heterocycles. The van der Waals surface area contributed by atoms with Crippen molar-refractivity contribution < 1.29 is 28.6 Å². The molecule has 1 unspecified atom stereocenters. The second-order valence-corrected chi connectivity index (χ2v) is 18.5. The number of hydrogen-bond donors (Lipinski definition) is 0. The summed E-state index contributed by atoms with van der Waals surface area (Å²) in [5.74, 6) is -0.931. The third kappa shape index (κ3) is 51.8. The maximum atomic E-state index is 12.8. The van der Waals surface area contributed by atoms with Gasteiger partial charge in [0.05, 0.1) is 0 Å². The van der Waals surface area contributed by atoms with E-state index in [1.54, 1.807) is 0 Å². The van der Waals surface area contributed by atoms with E-state index >= 15 is 0 Å². The maximum absolute atomic E-state index is 12.8. The fourth-order valence-electron chi connectivity index (χ4n) is 7.76. The molecule has 0 aromatic carbocycles. The van der Waals surface area contributed by atoms with Gasteiger partial charge in [-0.25, -0.2) is 0 Å². The summed E-state index contributed by atoms with van der Waals surface area (Å²) < 4.78 is 16.8. The smallest absolute Gasteiger partial charge is 0.306 e. The van der Waals surface area contributed by atoms with Gasteiger partial charge in [0.1, 0.15) is 13.2 Å². The van der Waals surface area contributed by atoms with E-state index in [2.05, 4.69) is 93.7 Å². The first-order valence-corrected chi connectivity index (χ1v) is 27.9. The summed E-state index contributed by atoms with van der Waals surface area (Å²) in [6, 6.07) is 0. The summed E-state index contributed by atoms with van der Waals surface area (Å²) in [7, 11) is 0. The Morgan fingerprint density at radius 3 is 0.955 bits per heavy atom. The lowest BCUT2D eigenvalue weighted by Crippen LogP contribution is -2.30. The number of hydrogen-bond acceptors (Lipinski definition) is 6. The minimum Gasteiger partial charge on any atom is -0.462 e. The Balaban J connectivity index is 4.43. The predicted molar refractivity (Wildman–Crippen MR) is 284 cm³/mol. The van der Waals surface area contributed by atoms with Gasteiger partial charge in [0.2, 0.25) is 0 Å². The van der Waals surface area contributed by atoms with Crippen LogP contribution in [0.5, 0.6) is 0 Å². The van der Waals surface area contributed by atoms with Gasteiger partial charge in [-0.3, -0.25) is 14.4 Å². The van der Waals surface area contributed by atoms with Crippen LogP contribution in [0.3, 0.4) is 0 Å². The molecule has 6 nitrogen and oxygen atoms in total. The topological polar surface area (TPSA) is 78.9 Å². The highest BCUT2D eigenvalue weighted by molar-refractivity contribution is 5.71. The van der Waals surface area contributed by atoms with Crippen molar-refractivity contribution in [1.82, 2.24) is 0 Å². The molecular formula is C60H104O6. The fourth-order valence-corrected chi connectivity index (χ4v) is 7.76. The highest BCUT2D eigenvalue weighted by atomic mass is 16.6. The van der Waals surface area contributed by atoms with Crippen LogP contribution in [-0.2, 0) is 28.6 Å². The van der Waals surface area contributed by atoms with Gasteiger partial charge in [0, 0.05) is 19.3 Å². The minimum absolute atomic E-state index is 0.0920. The van der Waals surface area contributed by atoms with Crippen molar-refractivity contribution in [2.24, 2.45) is 0 Å². The van der Waals surface area contributed by atoms with Crippen LogP contribution in [0.15, 0.2) is 72.9 Å². The third-order valence-electron chi connectivity index (χ3n) is 11.9. The largest absolute Gasteiger partial charge is 0.462 e. The summed E-state index contributed by atoms with van der Waals surface area (Å²) in [5.41, 5.74) is 0. The van der Waals surface area contributed by atoms with Gasteiger partial charge < -0.3 is 14.2 Å². The number of carbonyl (C=O) groups is 3. The molecule has 0 amide bonds. The molecule has 1 atom stereocenters. The van der Waals surface area contributed by atoms with Crippen molar-refractivity contribution >= 4 is 17.9 Å². The normalized spacial score (nSPS) is 12.6. The summed E-state index contributed by atoms with van der Waals surface area (Å²) in [6.45, 7) is 6.49. The van der Waals surface area contributed by atoms with E-state index in [-0.39, 0.29) is 31.1 Å². The SMILES string of the molecule is CC/C=C\C/C=C\C/C=C\C/C=C\C/C=C\CCCCCC(=O)OCC(COC(=O)CCCCC/C=C\CCCCCCCC)OC(=O)CCCCCCCCCCCCCCCCCC. The quantitative estimate of drug-likeness (QED) is 0.0262. The Hall–Kier alpha value is -3.15. The molecular weight excluding hydrogens is 817 g/mol. The third-order valence-corrected chi connectivity index (χ3v) is 11.9. The van der Waals surface area contributed by atoms with Gasteiger partial charge >= 0.3 is 17.9 Å². The van der Waals surface area contributed by atoms with Crippen molar-refractivity contribution in [1.29, 1.82) is 0 Å². The van der Waals surface area contributed by atoms with E-state index in [1.165, 1.54) is 122 Å². The van der Waals surface area contributed by atoms with Gasteiger partial charge in [-0.2, -0.15) is 0 Å². The lowest BCUT2D eigenvalue weighted by molar-refractivity contribution is -0.167. The van der Waals surface area contributed by atoms with E-state index in [0.29, 0.717) is 19.3 Å². The average molecular weight is 921 g/mol. The Bertz CT molecular complexity index is 1240. The molecule has 0 N–H and O–H groups in total. The van der Waals surface area contributed by atoms with Gasteiger partial charge in [-0.15, -0.1) is 0 Å². The van der Waals surface area contributed by atoms with Crippen molar-refractivity contribution in [2.45, 2.75) is 277 Å². The van der Waals surface area contributed by atoms with Gasteiger partial charge in [0.15, 0.2) is 6.10 Å². The Kier molecular flexibility index (Phi) is 51.9. The predicted octanol–water partition coefficient (Wildman–Crippen LogP) is 18.6. The number of esters is 3. The maximum Gasteiger partial charge on any atom is 0.306 e. The van der Waals surface area contributed by atoms with Crippen LogP contribution >= 0.6 is 0 Å². The molecule has 0 bridgehead atoms. The highest BCUT2D eigenvalue weighted by Crippen LogP contribution is 2.15. The Morgan fingerprint density at radius 1 is 0.318 bits per heavy atom. The molecule has 0 fully saturated rings. The first kappa shape index (κ1) is 62.8.